The fraction of sp³-hybridized carbons (Fsp3) is 0.500. The highest BCUT2D eigenvalue weighted by Crippen LogP contribution is 2.42. The van der Waals surface area contributed by atoms with E-state index < -0.39 is 15.9 Å². The van der Waals surface area contributed by atoms with Gasteiger partial charge in [0.2, 0.25) is 0 Å². The van der Waals surface area contributed by atoms with Crippen molar-refractivity contribution in [2.24, 2.45) is 0 Å². The summed E-state index contributed by atoms with van der Waals surface area (Å²) in [4.78, 5) is 1.98. The number of nitrogens with two attached hydrogens (primary N) is 1. The van der Waals surface area contributed by atoms with E-state index in [-0.39, 0.29) is 15.5 Å². The first-order valence-electron chi connectivity index (χ1n) is 5.30. The molecule has 1 atom stereocenters. The molecule has 0 amide bonds. The number of nitriles is 1. The van der Waals surface area contributed by atoms with Crippen molar-refractivity contribution < 1.29 is 13.5 Å². The Bertz CT molecular complexity index is 615. The molecule has 1 fully saturated rings. The number of sulfone groups is 1. The van der Waals surface area contributed by atoms with Crippen LogP contribution in [0, 0.1) is 11.3 Å². The highest BCUT2D eigenvalue weighted by Gasteiger charge is 2.30. The molecule has 2 heterocycles. The molecule has 1 unspecified atom stereocenters. The maximum Gasteiger partial charge on any atom is 0.180 e. The molecule has 0 radical (unpaired) electrons. The Kier molecular flexibility index (Phi) is 3.23. The number of nitrogen functional groups attached to an aromatic ring is 1. The number of aliphatic hydroxyl groups is 1. The molecular formula is C10H13N3O3S2. The molecule has 18 heavy (non-hydrogen) atoms. The monoisotopic (exact) mass is 287 g/mol. The van der Waals surface area contributed by atoms with E-state index in [1.807, 2.05) is 6.07 Å². The minimum absolute atomic E-state index is 0.0122. The van der Waals surface area contributed by atoms with E-state index in [2.05, 4.69) is 0 Å². The maximum atomic E-state index is 11.8. The first-order valence-corrected chi connectivity index (χ1v) is 8.00. The zero-order valence-corrected chi connectivity index (χ0v) is 11.4. The lowest BCUT2D eigenvalue weighted by atomic mass is 10.3. The van der Waals surface area contributed by atoms with Crippen molar-refractivity contribution in [3.05, 3.63) is 4.88 Å². The molecule has 98 valence electrons. The molecule has 0 aromatic carbocycles. The first kappa shape index (κ1) is 13.1. The van der Waals surface area contributed by atoms with Crippen LogP contribution in [0.3, 0.4) is 0 Å². The average Bonchev–Trinajstić information content (AvgIpc) is 2.80. The predicted molar refractivity (Wildman–Crippen MR) is 69.4 cm³/mol. The minimum atomic E-state index is -3.50. The summed E-state index contributed by atoms with van der Waals surface area (Å²) in [5, 5.41) is 18.9. The number of thiophene rings is 1. The third-order valence-corrected chi connectivity index (χ3v) is 5.26. The van der Waals surface area contributed by atoms with Gasteiger partial charge in [0.25, 0.3) is 0 Å². The van der Waals surface area contributed by atoms with Gasteiger partial charge < -0.3 is 15.7 Å². The van der Waals surface area contributed by atoms with Gasteiger partial charge in [-0.05, 0) is 6.42 Å². The van der Waals surface area contributed by atoms with E-state index in [1.165, 1.54) is 0 Å². The predicted octanol–water partition coefficient (Wildman–Crippen LogP) is 0.176. The molecule has 2 rings (SSSR count). The first-order chi connectivity index (χ1) is 8.34. The van der Waals surface area contributed by atoms with Crippen LogP contribution in [0.4, 0.5) is 10.7 Å². The quantitative estimate of drug-likeness (QED) is 0.803. The van der Waals surface area contributed by atoms with Gasteiger partial charge in [-0.2, -0.15) is 5.26 Å². The topological polar surface area (TPSA) is 107 Å². The lowest BCUT2D eigenvalue weighted by Gasteiger charge is -2.17. The number of rotatable bonds is 2. The SMILES string of the molecule is CS(=O)(=O)c1c(N2CCC(O)C2)sc(C#N)c1N. The second kappa shape index (κ2) is 4.42. The molecular weight excluding hydrogens is 274 g/mol. The van der Waals surface area contributed by atoms with Crippen LogP contribution in [0.25, 0.3) is 0 Å². The Morgan fingerprint density at radius 2 is 2.28 bits per heavy atom. The van der Waals surface area contributed by atoms with Crippen LogP contribution in [-0.4, -0.2) is 39.0 Å². The van der Waals surface area contributed by atoms with Gasteiger partial charge in [-0.3, -0.25) is 0 Å². The fourth-order valence-corrected chi connectivity index (χ4v) is 4.53. The number of nitrogens with zero attached hydrogens (tertiary/aromatic N) is 2. The minimum Gasteiger partial charge on any atom is -0.396 e. The second-order valence-corrected chi connectivity index (χ2v) is 7.20. The number of β-amino-alcohol motifs (C(OH)–C–C–N with tert-alkyl or cyclic N) is 1. The van der Waals surface area contributed by atoms with Gasteiger partial charge in [0, 0.05) is 19.3 Å². The number of anilines is 2. The molecule has 6 nitrogen and oxygen atoms in total. The molecule has 1 aromatic rings. The number of aliphatic hydroxyl groups excluding tert-OH is 1. The summed E-state index contributed by atoms with van der Waals surface area (Å²) in [7, 11) is -3.50. The summed E-state index contributed by atoms with van der Waals surface area (Å²) >= 11 is 1.06. The van der Waals surface area contributed by atoms with Gasteiger partial charge in [-0.15, -0.1) is 11.3 Å². The molecule has 1 aliphatic heterocycles. The molecule has 0 saturated carbocycles. The van der Waals surface area contributed by atoms with Gasteiger partial charge in [0.15, 0.2) is 9.84 Å². The van der Waals surface area contributed by atoms with Crippen molar-refractivity contribution in [3.8, 4) is 6.07 Å². The maximum absolute atomic E-state index is 11.8. The smallest absolute Gasteiger partial charge is 0.180 e. The standard InChI is InChI=1S/C10H13N3O3S2/c1-18(15,16)9-8(12)7(4-11)17-10(9)13-3-2-6(14)5-13/h6,14H,2-3,5,12H2,1H3. The highest BCUT2D eigenvalue weighted by molar-refractivity contribution is 7.91. The lowest BCUT2D eigenvalue weighted by Crippen LogP contribution is -2.22. The molecule has 0 aliphatic carbocycles. The zero-order valence-electron chi connectivity index (χ0n) is 9.75. The van der Waals surface area contributed by atoms with Gasteiger partial charge in [-0.25, -0.2) is 8.42 Å². The van der Waals surface area contributed by atoms with Crippen molar-refractivity contribution in [1.82, 2.24) is 0 Å². The van der Waals surface area contributed by atoms with Crippen molar-refractivity contribution >= 4 is 31.9 Å². The van der Waals surface area contributed by atoms with E-state index in [0.29, 0.717) is 24.5 Å². The third kappa shape index (κ3) is 2.16. The Labute approximate surface area is 109 Å². The van der Waals surface area contributed by atoms with Crippen molar-refractivity contribution in [3.63, 3.8) is 0 Å². The summed E-state index contributed by atoms with van der Waals surface area (Å²) in [5.74, 6) is 0. The molecule has 1 saturated heterocycles. The van der Waals surface area contributed by atoms with Gasteiger partial charge in [0.1, 0.15) is 20.8 Å². The fourth-order valence-electron chi connectivity index (χ4n) is 1.99. The van der Waals surface area contributed by atoms with E-state index in [0.717, 1.165) is 17.6 Å². The summed E-state index contributed by atoms with van der Waals surface area (Å²) in [6.07, 6.45) is 1.19. The van der Waals surface area contributed by atoms with Gasteiger partial charge in [-0.1, -0.05) is 0 Å². The van der Waals surface area contributed by atoms with Crippen molar-refractivity contribution in [2.45, 2.75) is 17.4 Å². The molecule has 8 heteroatoms. The van der Waals surface area contributed by atoms with Gasteiger partial charge >= 0.3 is 0 Å². The number of hydrogen-bond donors (Lipinski definition) is 2. The highest BCUT2D eigenvalue weighted by atomic mass is 32.2. The molecule has 3 N–H and O–H groups in total. The largest absolute Gasteiger partial charge is 0.396 e. The van der Waals surface area contributed by atoms with Crippen LogP contribution in [0.15, 0.2) is 4.90 Å². The average molecular weight is 287 g/mol. The van der Waals surface area contributed by atoms with Crippen molar-refractivity contribution in [1.29, 1.82) is 5.26 Å². The van der Waals surface area contributed by atoms with Crippen LogP contribution >= 0.6 is 11.3 Å². The van der Waals surface area contributed by atoms with E-state index in [1.54, 1.807) is 4.90 Å². The van der Waals surface area contributed by atoms with E-state index in [4.69, 9.17) is 11.0 Å². The molecule has 1 aromatic heterocycles. The summed E-state index contributed by atoms with van der Waals surface area (Å²) < 4.78 is 23.5. The second-order valence-electron chi connectivity index (χ2n) is 4.25. The van der Waals surface area contributed by atoms with Crippen LogP contribution in [0.5, 0.6) is 0 Å². The summed E-state index contributed by atoms with van der Waals surface area (Å²) in [5.41, 5.74) is 5.74. The van der Waals surface area contributed by atoms with Crippen LogP contribution in [0.1, 0.15) is 11.3 Å². The molecule has 1 aliphatic rings. The van der Waals surface area contributed by atoms with Gasteiger partial charge in [0.05, 0.1) is 11.8 Å². The summed E-state index contributed by atoms with van der Waals surface area (Å²) in [6, 6.07) is 1.90. The van der Waals surface area contributed by atoms with Crippen LogP contribution in [-0.2, 0) is 9.84 Å². The van der Waals surface area contributed by atoms with E-state index in [9.17, 15) is 13.5 Å². The lowest BCUT2D eigenvalue weighted by molar-refractivity contribution is 0.198. The molecule has 0 spiro atoms. The zero-order chi connectivity index (χ0) is 13.5. The van der Waals surface area contributed by atoms with Crippen molar-refractivity contribution in [2.75, 3.05) is 30.0 Å². The van der Waals surface area contributed by atoms with Crippen LogP contribution in [0.2, 0.25) is 0 Å². The Morgan fingerprint density at radius 1 is 1.61 bits per heavy atom. The number of hydrogen-bond acceptors (Lipinski definition) is 7. The Hall–Kier alpha value is -1.30. The van der Waals surface area contributed by atoms with Crippen LogP contribution < -0.4 is 10.6 Å². The Balaban J connectivity index is 2.57. The third-order valence-electron chi connectivity index (χ3n) is 2.81. The summed E-state index contributed by atoms with van der Waals surface area (Å²) in [6.45, 7) is 0.932. The Morgan fingerprint density at radius 3 is 2.72 bits per heavy atom. The normalized spacial score (nSPS) is 20.1. The van der Waals surface area contributed by atoms with E-state index >= 15 is 0 Å². The molecule has 0 bridgehead atoms.